The molecule has 0 aliphatic heterocycles. The maximum atomic E-state index is 13.3. The van der Waals surface area contributed by atoms with Gasteiger partial charge in [-0.3, -0.25) is 10.1 Å². The molecule has 2 aromatic carbocycles. The average Bonchev–Trinajstić information content (AvgIpc) is 2.35. The lowest BCUT2D eigenvalue weighted by Gasteiger charge is -2.13. The molecule has 0 atom stereocenters. The molecule has 0 N–H and O–H groups in total. The van der Waals surface area contributed by atoms with Gasteiger partial charge in [-0.2, -0.15) is 8.42 Å². The van der Waals surface area contributed by atoms with Gasteiger partial charge in [-0.05, 0) is 38.0 Å². The molecule has 0 unspecified atom stereocenters. The van der Waals surface area contributed by atoms with Crippen LogP contribution in [-0.4, -0.2) is 13.3 Å². The summed E-state index contributed by atoms with van der Waals surface area (Å²) in [5.74, 6) is -1.49. The van der Waals surface area contributed by atoms with Crippen molar-refractivity contribution in [2.24, 2.45) is 0 Å². The third-order valence-corrected chi connectivity index (χ3v) is 4.72. The van der Waals surface area contributed by atoms with Gasteiger partial charge < -0.3 is 4.18 Å². The Balaban J connectivity index is 2.56. The van der Waals surface area contributed by atoms with E-state index in [-0.39, 0.29) is 4.90 Å². The third kappa shape index (κ3) is 3.48. The third-order valence-electron chi connectivity index (χ3n) is 3.17. The highest BCUT2D eigenvalue weighted by atomic mass is 32.2. The smallest absolute Gasteiger partial charge is 0.339 e. The van der Waals surface area contributed by atoms with Gasteiger partial charge in [0.25, 0.3) is 0 Å². The van der Waals surface area contributed by atoms with Crippen molar-refractivity contribution in [1.29, 1.82) is 0 Å². The molecule has 0 amide bonds. The highest BCUT2D eigenvalue weighted by Crippen LogP contribution is 2.32. The molecule has 2 aromatic rings. The number of benzene rings is 2. The highest BCUT2D eigenvalue weighted by molar-refractivity contribution is 7.87. The topological polar surface area (TPSA) is 86.5 Å². The van der Waals surface area contributed by atoms with Gasteiger partial charge >= 0.3 is 15.8 Å². The Morgan fingerprint density at radius 3 is 2.17 bits per heavy atom. The average molecular weight is 339 g/mol. The normalized spacial score (nSPS) is 11.3. The van der Waals surface area contributed by atoms with Crippen molar-refractivity contribution in [3.8, 4) is 5.75 Å². The summed E-state index contributed by atoms with van der Waals surface area (Å²) in [5, 5.41) is 10.9. The Hall–Kier alpha value is -2.48. The number of rotatable bonds is 4. The summed E-state index contributed by atoms with van der Waals surface area (Å²) in [5.41, 5.74) is 1.14. The Morgan fingerprint density at radius 1 is 1.09 bits per heavy atom. The Kier molecular flexibility index (Phi) is 4.37. The molecular weight excluding hydrogens is 325 g/mol. The Labute approximate surface area is 132 Å². The molecule has 0 aliphatic rings. The van der Waals surface area contributed by atoms with Crippen LogP contribution >= 0.6 is 0 Å². The number of nitro groups is 1. The first kappa shape index (κ1) is 16.9. The molecule has 0 fully saturated rings. The summed E-state index contributed by atoms with van der Waals surface area (Å²) in [7, 11) is -4.34. The van der Waals surface area contributed by atoms with Crippen LogP contribution in [0.5, 0.6) is 5.75 Å². The van der Waals surface area contributed by atoms with E-state index in [1.807, 2.05) is 6.92 Å². The quantitative estimate of drug-likeness (QED) is 0.484. The maximum absolute atomic E-state index is 13.3. The summed E-state index contributed by atoms with van der Waals surface area (Å²) in [6, 6.07) is 5.70. The van der Waals surface area contributed by atoms with Crippen molar-refractivity contribution >= 4 is 15.8 Å². The molecule has 0 aromatic heterocycles. The minimum absolute atomic E-state index is 0.0818. The highest BCUT2D eigenvalue weighted by Gasteiger charge is 2.26. The van der Waals surface area contributed by atoms with Crippen LogP contribution in [0.1, 0.15) is 16.7 Å². The molecular formula is C15H14FNO5S. The van der Waals surface area contributed by atoms with E-state index < -0.39 is 32.3 Å². The molecule has 6 nitrogen and oxygen atoms in total. The number of aryl methyl sites for hydroxylation is 3. The second-order valence-electron chi connectivity index (χ2n) is 5.13. The van der Waals surface area contributed by atoms with Crippen LogP contribution in [0.4, 0.5) is 10.1 Å². The zero-order valence-electron chi connectivity index (χ0n) is 12.7. The van der Waals surface area contributed by atoms with E-state index in [1.54, 1.807) is 26.0 Å². The molecule has 0 radical (unpaired) electrons. The van der Waals surface area contributed by atoms with E-state index in [1.165, 1.54) is 0 Å². The van der Waals surface area contributed by atoms with Crippen molar-refractivity contribution in [2.75, 3.05) is 0 Å². The van der Waals surface area contributed by atoms with E-state index in [2.05, 4.69) is 0 Å². The van der Waals surface area contributed by atoms with Gasteiger partial charge in [0.15, 0.2) is 0 Å². The molecule has 2 rings (SSSR count). The molecule has 0 spiro atoms. The van der Waals surface area contributed by atoms with Crippen LogP contribution in [0.25, 0.3) is 0 Å². The van der Waals surface area contributed by atoms with Crippen molar-refractivity contribution in [3.05, 3.63) is 63.0 Å². The minimum atomic E-state index is -4.34. The number of hydrogen-bond acceptors (Lipinski definition) is 5. The second-order valence-corrected chi connectivity index (χ2v) is 6.62. The van der Waals surface area contributed by atoms with E-state index in [0.29, 0.717) is 17.2 Å². The lowest BCUT2D eigenvalue weighted by Crippen LogP contribution is -2.14. The predicted octanol–water partition coefficient (Wildman–Crippen LogP) is 3.43. The van der Waals surface area contributed by atoms with Gasteiger partial charge in [-0.25, -0.2) is 4.39 Å². The number of nitro benzene ring substituents is 1. The van der Waals surface area contributed by atoms with Crippen LogP contribution in [0.15, 0.2) is 35.2 Å². The van der Waals surface area contributed by atoms with Gasteiger partial charge in [-0.15, -0.1) is 0 Å². The summed E-state index contributed by atoms with van der Waals surface area (Å²) in [4.78, 5) is 10.0. The summed E-state index contributed by atoms with van der Waals surface area (Å²) in [6.07, 6.45) is 0. The van der Waals surface area contributed by atoms with Crippen LogP contribution < -0.4 is 4.18 Å². The van der Waals surface area contributed by atoms with Crippen LogP contribution in [-0.2, 0) is 10.1 Å². The molecule has 0 aliphatic carbocycles. The van der Waals surface area contributed by atoms with Gasteiger partial charge in [0.2, 0.25) is 5.75 Å². The van der Waals surface area contributed by atoms with Crippen LogP contribution in [0.3, 0.4) is 0 Å². The SMILES string of the molecule is Cc1cc(C)c(S(=O)(=O)Oc2cc(F)ccc2[N+](=O)[O-])c(C)c1. The van der Waals surface area contributed by atoms with Crippen molar-refractivity contribution in [2.45, 2.75) is 25.7 Å². The van der Waals surface area contributed by atoms with E-state index in [0.717, 1.165) is 17.7 Å². The van der Waals surface area contributed by atoms with Gasteiger partial charge in [0, 0.05) is 12.1 Å². The molecule has 8 heteroatoms. The number of halogens is 1. The fourth-order valence-electron chi connectivity index (χ4n) is 2.43. The summed E-state index contributed by atoms with van der Waals surface area (Å²) >= 11 is 0. The Bertz CT molecular complexity index is 870. The summed E-state index contributed by atoms with van der Waals surface area (Å²) in [6.45, 7) is 5.00. The molecule has 0 saturated carbocycles. The largest absolute Gasteiger partial charge is 0.371 e. The lowest BCUT2D eigenvalue weighted by atomic mass is 10.1. The molecule has 0 saturated heterocycles. The molecule has 122 valence electrons. The molecule has 0 bridgehead atoms. The van der Waals surface area contributed by atoms with Crippen molar-refractivity contribution in [1.82, 2.24) is 0 Å². The van der Waals surface area contributed by atoms with Crippen molar-refractivity contribution in [3.63, 3.8) is 0 Å². The van der Waals surface area contributed by atoms with Crippen molar-refractivity contribution < 1.29 is 21.9 Å². The van der Waals surface area contributed by atoms with Gasteiger partial charge in [-0.1, -0.05) is 17.7 Å². The van der Waals surface area contributed by atoms with E-state index >= 15 is 0 Å². The molecule has 0 heterocycles. The van der Waals surface area contributed by atoms with E-state index in [9.17, 15) is 22.9 Å². The zero-order chi connectivity index (χ0) is 17.4. The fourth-order valence-corrected chi connectivity index (χ4v) is 3.79. The number of nitrogens with zero attached hydrogens (tertiary/aromatic N) is 1. The standard InChI is InChI=1S/C15H14FNO5S/c1-9-6-10(2)15(11(3)7-9)23(20,21)22-14-8-12(16)4-5-13(14)17(18)19/h4-8H,1-3H3. The monoisotopic (exact) mass is 339 g/mol. The predicted molar refractivity (Wildman–Crippen MR) is 81.5 cm³/mol. The maximum Gasteiger partial charge on any atom is 0.339 e. The minimum Gasteiger partial charge on any atom is -0.371 e. The lowest BCUT2D eigenvalue weighted by molar-refractivity contribution is -0.385. The first-order valence-electron chi connectivity index (χ1n) is 6.58. The zero-order valence-corrected chi connectivity index (χ0v) is 13.5. The fraction of sp³-hybridized carbons (Fsp3) is 0.200. The van der Waals surface area contributed by atoms with Crippen LogP contribution in [0.2, 0.25) is 0 Å². The van der Waals surface area contributed by atoms with Gasteiger partial charge in [0.05, 0.1) is 4.92 Å². The summed E-state index contributed by atoms with van der Waals surface area (Å²) < 4.78 is 43.1. The number of hydrogen-bond donors (Lipinski definition) is 0. The Morgan fingerprint density at radius 2 is 1.65 bits per heavy atom. The van der Waals surface area contributed by atoms with Crippen LogP contribution in [0, 0.1) is 36.7 Å². The second kappa shape index (κ2) is 5.96. The molecule has 23 heavy (non-hydrogen) atoms. The van der Waals surface area contributed by atoms with E-state index in [4.69, 9.17) is 4.18 Å². The first-order chi connectivity index (χ1) is 10.6. The van der Waals surface area contributed by atoms with Gasteiger partial charge in [0.1, 0.15) is 10.7 Å². The first-order valence-corrected chi connectivity index (χ1v) is 7.99.